The van der Waals surface area contributed by atoms with Crippen molar-refractivity contribution >= 4 is 44.6 Å². The van der Waals surface area contributed by atoms with Crippen molar-refractivity contribution in [3.8, 4) is 16.9 Å². The maximum absolute atomic E-state index is 13.8. The van der Waals surface area contributed by atoms with E-state index in [1.165, 1.54) is 12.1 Å². The normalized spacial score (nSPS) is 12.5. The van der Waals surface area contributed by atoms with Crippen molar-refractivity contribution in [3.63, 3.8) is 0 Å². The van der Waals surface area contributed by atoms with Gasteiger partial charge in [-0.1, -0.05) is 50.0 Å². The number of sulfone groups is 1. The lowest BCUT2D eigenvalue weighted by molar-refractivity contribution is -0.0436. The van der Waals surface area contributed by atoms with Gasteiger partial charge < -0.3 is 10.4 Å². The third-order valence-corrected chi connectivity index (χ3v) is 7.72. The number of hydrogen-bond acceptors (Lipinski definition) is 4. The number of aromatic hydroxyl groups is 1. The number of hydrogen-bond donors (Lipinski definition) is 2. The third-order valence-electron chi connectivity index (χ3n) is 5.63. The van der Waals surface area contributed by atoms with Crippen LogP contribution >= 0.6 is 23.2 Å². The summed E-state index contributed by atoms with van der Waals surface area (Å²) < 4.78 is 75.7. The van der Waals surface area contributed by atoms with Crippen LogP contribution in [0.5, 0.6) is 5.75 Å². The topological polar surface area (TPSA) is 83.5 Å². The summed E-state index contributed by atoms with van der Waals surface area (Å²) >= 11 is 11.9. The SMILES string of the molecule is Cc1c(-c2ccc(F)c(Cl)c2)cc(C(C)(C)C)c(O)c1C(=O)Nc1ccc(S(=O)(=O)C(F)(F)F)cc1Cl. The quantitative estimate of drug-likeness (QED) is 0.312. The van der Waals surface area contributed by atoms with Gasteiger partial charge >= 0.3 is 5.51 Å². The number of benzene rings is 3. The highest BCUT2D eigenvalue weighted by molar-refractivity contribution is 7.92. The molecule has 0 saturated heterocycles. The molecule has 0 aromatic heterocycles. The summed E-state index contributed by atoms with van der Waals surface area (Å²) in [5, 5.41) is 12.9. The average molecular weight is 578 g/mol. The molecule has 0 spiro atoms. The Labute approximate surface area is 220 Å². The maximum Gasteiger partial charge on any atom is 0.501 e. The first-order valence-electron chi connectivity index (χ1n) is 10.6. The molecule has 3 rings (SSSR count). The van der Waals surface area contributed by atoms with Crippen molar-refractivity contribution in [2.24, 2.45) is 0 Å². The molecular weight excluding hydrogens is 557 g/mol. The van der Waals surface area contributed by atoms with Crippen LogP contribution in [0.15, 0.2) is 47.4 Å². The zero-order valence-corrected chi connectivity index (χ0v) is 22.2. The highest BCUT2D eigenvalue weighted by Crippen LogP contribution is 2.41. The monoisotopic (exact) mass is 577 g/mol. The Bertz CT molecular complexity index is 1510. The van der Waals surface area contributed by atoms with Crippen molar-refractivity contribution in [3.05, 3.63) is 75.0 Å². The van der Waals surface area contributed by atoms with E-state index in [-0.39, 0.29) is 22.0 Å². The summed E-state index contributed by atoms with van der Waals surface area (Å²) in [7, 11) is -5.65. The summed E-state index contributed by atoms with van der Waals surface area (Å²) in [6, 6.07) is 7.82. The van der Waals surface area contributed by atoms with Crippen molar-refractivity contribution in [2.75, 3.05) is 5.32 Å². The smallest absolute Gasteiger partial charge is 0.501 e. The average Bonchev–Trinajstić information content (AvgIpc) is 2.75. The molecule has 12 heteroatoms. The molecule has 0 fully saturated rings. The van der Waals surface area contributed by atoms with E-state index in [9.17, 15) is 35.9 Å². The van der Waals surface area contributed by atoms with E-state index in [0.717, 1.165) is 12.1 Å². The van der Waals surface area contributed by atoms with Crippen LogP contribution < -0.4 is 5.32 Å². The van der Waals surface area contributed by atoms with Gasteiger partial charge in [0.1, 0.15) is 11.6 Å². The van der Waals surface area contributed by atoms with Gasteiger partial charge in [-0.15, -0.1) is 0 Å². The Kier molecular flexibility index (Phi) is 7.62. The van der Waals surface area contributed by atoms with Gasteiger partial charge in [0.25, 0.3) is 15.7 Å². The van der Waals surface area contributed by atoms with Gasteiger partial charge in [0.15, 0.2) is 0 Å². The summed E-state index contributed by atoms with van der Waals surface area (Å²) in [6.07, 6.45) is 0. The minimum atomic E-state index is -5.65. The lowest BCUT2D eigenvalue weighted by Crippen LogP contribution is -2.23. The fraction of sp³-hybridized carbons (Fsp3) is 0.240. The Morgan fingerprint density at radius 1 is 0.973 bits per heavy atom. The lowest BCUT2D eigenvalue weighted by Gasteiger charge is -2.25. The maximum atomic E-state index is 13.8. The van der Waals surface area contributed by atoms with E-state index in [1.807, 2.05) is 0 Å². The number of amides is 1. The molecule has 0 aliphatic rings. The van der Waals surface area contributed by atoms with E-state index < -0.39 is 42.4 Å². The highest BCUT2D eigenvalue weighted by Gasteiger charge is 2.47. The summed E-state index contributed by atoms with van der Waals surface area (Å²) in [4.78, 5) is 12.2. The number of alkyl halides is 3. The molecule has 0 aliphatic carbocycles. The minimum absolute atomic E-state index is 0.144. The van der Waals surface area contributed by atoms with Gasteiger partial charge in [-0.3, -0.25) is 4.79 Å². The zero-order valence-electron chi connectivity index (χ0n) is 19.9. The van der Waals surface area contributed by atoms with Crippen LogP contribution in [0.25, 0.3) is 11.1 Å². The van der Waals surface area contributed by atoms with Crippen molar-refractivity contribution < 1.29 is 35.9 Å². The van der Waals surface area contributed by atoms with Crippen LogP contribution in [0.4, 0.5) is 23.2 Å². The number of halogens is 6. The Morgan fingerprint density at radius 3 is 2.11 bits per heavy atom. The largest absolute Gasteiger partial charge is 0.507 e. The van der Waals surface area contributed by atoms with Crippen LogP contribution in [0.1, 0.15) is 42.3 Å². The summed E-state index contributed by atoms with van der Waals surface area (Å²) in [5.74, 6) is -1.84. The van der Waals surface area contributed by atoms with Crippen molar-refractivity contribution in [2.45, 2.75) is 43.5 Å². The molecule has 3 aromatic rings. The number of rotatable bonds is 4. The fourth-order valence-electron chi connectivity index (χ4n) is 3.66. The van der Waals surface area contributed by atoms with Crippen LogP contribution in [0.2, 0.25) is 10.0 Å². The molecule has 5 nitrogen and oxygen atoms in total. The van der Waals surface area contributed by atoms with Crippen LogP contribution in [-0.2, 0) is 15.3 Å². The van der Waals surface area contributed by atoms with Crippen LogP contribution in [-0.4, -0.2) is 24.9 Å². The first kappa shape index (κ1) is 28.7. The summed E-state index contributed by atoms with van der Waals surface area (Å²) in [5.41, 5.74) is -4.87. The van der Waals surface area contributed by atoms with Gasteiger partial charge in [-0.05, 0) is 65.4 Å². The Balaban J connectivity index is 2.13. The highest BCUT2D eigenvalue weighted by atomic mass is 35.5. The van der Waals surface area contributed by atoms with Crippen molar-refractivity contribution in [1.29, 1.82) is 0 Å². The van der Waals surface area contributed by atoms with Crippen LogP contribution in [0, 0.1) is 12.7 Å². The van der Waals surface area contributed by atoms with Gasteiger partial charge in [0, 0.05) is 5.56 Å². The summed E-state index contributed by atoms with van der Waals surface area (Å²) in [6.45, 7) is 6.96. The Morgan fingerprint density at radius 2 is 1.59 bits per heavy atom. The molecule has 0 radical (unpaired) electrons. The second-order valence-electron chi connectivity index (χ2n) is 9.24. The predicted octanol–water partition coefficient (Wildman–Crippen LogP) is 7.66. The van der Waals surface area contributed by atoms with Gasteiger partial charge in [0.05, 0.1) is 26.2 Å². The van der Waals surface area contributed by atoms with Crippen LogP contribution in [0.3, 0.4) is 0 Å². The van der Waals surface area contributed by atoms with Gasteiger partial charge in [-0.2, -0.15) is 13.2 Å². The molecular formula is C25H21Cl2F4NO4S. The number of nitrogens with one attached hydrogen (secondary N) is 1. The first-order chi connectivity index (χ1) is 16.9. The van der Waals surface area contributed by atoms with E-state index in [0.29, 0.717) is 34.4 Å². The molecule has 3 aromatic carbocycles. The predicted molar refractivity (Wildman–Crippen MR) is 135 cm³/mol. The number of phenols is 1. The Hall–Kier alpha value is -2.82. The molecule has 37 heavy (non-hydrogen) atoms. The van der Waals surface area contributed by atoms with E-state index >= 15 is 0 Å². The van der Waals surface area contributed by atoms with E-state index in [1.54, 1.807) is 33.8 Å². The number of phenolic OH excluding ortho intramolecular Hbond substituents is 1. The van der Waals surface area contributed by atoms with E-state index in [2.05, 4.69) is 5.32 Å². The first-order valence-corrected chi connectivity index (χ1v) is 12.8. The lowest BCUT2D eigenvalue weighted by atomic mass is 9.81. The number of carbonyl (C=O) groups is 1. The molecule has 2 N–H and O–H groups in total. The molecule has 0 bridgehead atoms. The van der Waals surface area contributed by atoms with Gasteiger partial charge in [-0.25, -0.2) is 12.8 Å². The molecule has 0 saturated carbocycles. The zero-order chi connectivity index (χ0) is 28.1. The molecule has 0 aliphatic heterocycles. The minimum Gasteiger partial charge on any atom is -0.507 e. The number of carbonyl (C=O) groups excluding carboxylic acids is 1. The fourth-order valence-corrected chi connectivity index (χ4v) is 4.92. The number of anilines is 1. The van der Waals surface area contributed by atoms with Gasteiger partial charge in [0.2, 0.25) is 0 Å². The standard InChI is InChI=1S/C25H21Cl2F4NO4S/c1-12-15(13-5-7-19(28)17(26)9-13)11-16(24(2,3)4)22(33)21(12)23(34)32-20-8-6-14(10-18(20)27)37(35,36)25(29,30)31/h5-11,33H,1-4H3,(H,32,34). The third kappa shape index (κ3) is 5.56. The molecule has 198 valence electrons. The van der Waals surface area contributed by atoms with Crippen molar-refractivity contribution in [1.82, 2.24) is 0 Å². The van der Waals surface area contributed by atoms with E-state index in [4.69, 9.17) is 23.2 Å². The second kappa shape index (κ2) is 9.81. The molecule has 0 heterocycles. The second-order valence-corrected chi connectivity index (χ2v) is 12.0. The molecule has 0 atom stereocenters. The molecule has 0 unspecified atom stereocenters. The molecule has 1 amide bonds.